The van der Waals surface area contributed by atoms with Crippen molar-refractivity contribution < 1.29 is 4.39 Å². The Morgan fingerprint density at radius 1 is 1.47 bits per heavy atom. The summed E-state index contributed by atoms with van der Waals surface area (Å²) in [7, 11) is 2.05. The number of hydrogen-bond donors (Lipinski definition) is 0. The van der Waals surface area contributed by atoms with E-state index in [4.69, 9.17) is 0 Å². The first-order valence-electron chi connectivity index (χ1n) is 4.75. The summed E-state index contributed by atoms with van der Waals surface area (Å²) in [6.45, 7) is 1.79. The molecule has 0 heterocycles. The molecular weight excluding hydrogens is 277 g/mol. The molecule has 0 radical (unpaired) electrons. The Morgan fingerprint density at radius 3 is 2.87 bits per heavy atom. The highest BCUT2D eigenvalue weighted by molar-refractivity contribution is 9.10. The molecule has 1 nitrogen and oxygen atoms in total. The molecule has 4 heteroatoms. The van der Waals surface area contributed by atoms with Crippen LogP contribution in [-0.4, -0.2) is 30.5 Å². The fraction of sp³-hybridized carbons (Fsp3) is 0.455. The van der Waals surface area contributed by atoms with Crippen molar-refractivity contribution in [3.8, 4) is 0 Å². The molecule has 0 aliphatic rings. The molecule has 0 spiro atoms. The van der Waals surface area contributed by atoms with Crippen molar-refractivity contribution in [2.24, 2.45) is 0 Å². The van der Waals surface area contributed by atoms with E-state index in [0.717, 1.165) is 24.4 Å². The molecule has 0 N–H and O–H groups in total. The molecule has 1 aromatic carbocycles. The summed E-state index contributed by atoms with van der Waals surface area (Å²) in [6, 6.07) is 5.16. The molecule has 0 aliphatic heterocycles. The normalized spacial score (nSPS) is 11.0. The average molecular weight is 292 g/mol. The average Bonchev–Trinajstić information content (AvgIpc) is 2.22. The maximum atomic E-state index is 13.2. The van der Waals surface area contributed by atoms with Gasteiger partial charge in [0, 0.05) is 18.8 Å². The van der Waals surface area contributed by atoms with E-state index in [9.17, 15) is 4.39 Å². The van der Waals surface area contributed by atoms with Gasteiger partial charge in [0.05, 0.1) is 4.47 Å². The predicted molar refractivity (Wildman–Crippen MR) is 68.8 cm³/mol. The highest BCUT2D eigenvalue weighted by Gasteiger charge is 2.07. The minimum atomic E-state index is -0.189. The Bertz CT molecular complexity index is 319. The molecule has 0 unspecified atom stereocenters. The minimum Gasteiger partial charge on any atom is -0.301 e. The van der Waals surface area contributed by atoms with E-state index in [2.05, 4.69) is 27.1 Å². The minimum absolute atomic E-state index is 0.189. The fourth-order valence-corrected chi connectivity index (χ4v) is 2.17. The Balaban J connectivity index is 2.60. The van der Waals surface area contributed by atoms with Gasteiger partial charge in [-0.1, -0.05) is 12.1 Å². The SMILES string of the molecule is CSCCN(C)Cc1cccc(F)c1Br. The zero-order valence-electron chi connectivity index (χ0n) is 8.96. The van der Waals surface area contributed by atoms with Gasteiger partial charge in [-0.2, -0.15) is 11.8 Å². The number of hydrogen-bond acceptors (Lipinski definition) is 2. The van der Waals surface area contributed by atoms with Crippen LogP contribution in [0, 0.1) is 5.82 Å². The molecule has 84 valence electrons. The second-order valence-corrected chi connectivity index (χ2v) is 5.22. The molecule has 1 aromatic rings. The van der Waals surface area contributed by atoms with Gasteiger partial charge in [-0.3, -0.25) is 0 Å². The van der Waals surface area contributed by atoms with Crippen molar-refractivity contribution in [3.05, 3.63) is 34.1 Å². The van der Waals surface area contributed by atoms with Gasteiger partial charge >= 0.3 is 0 Å². The molecule has 0 amide bonds. The fourth-order valence-electron chi connectivity index (χ4n) is 1.29. The predicted octanol–water partition coefficient (Wildman–Crippen LogP) is 3.38. The summed E-state index contributed by atoms with van der Waals surface area (Å²) in [5, 5.41) is 0. The van der Waals surface area contributed by atoms with Crippen LogP contribution in [0.1, 0.15) is 5.56 Å². The quantitative estimate of drug-likeness (QED) is 0.818. The number of halogens is 2. The van der Waals surface area contributed by atoms with Gasteiger partial charge in [0.25, 0.3) is 0 Å². The molecule has 1 rings (SSSR count). The number of thioether (sulfide) groups is 1. The van der Waals surface area contributed by atoms with Gasteiger partial charge in [-0.05, 0) is 40.9 Å². The lowest BCUT2D eigenvalue weighted by Gasteiger charge is -2.16. The van der Waals surface area contributed by atoms with Gasteiger partial charge in [0.2, 0.25) is 0 Å². The Morgan fingerprint density at radius 2 is 2.20 bits per heavy atom. The van der Waals surface area contributed by atoms with Crippen LogP contribution >= 0.6 is 27.7 Å². The summed E-state index contributed by atoms with van der Waals surface area (Å²) >= 11 is 5.09. The highest BCUT2D eigenvalue weighted by Crippen LogP contribution is 2.21. The topological polar surface area (TPSA) is 3.24 Å². The van der Waals surface area contributed by atoms with Crippen molar-refractivity contribution in [2.75, 3.05) is 25.6 Å². The number of nitrogens with zero attached hydrogens (tertiary/aromatic N) is 1. The third kappa shape index (κ3) is 4.13. The molecular formula is C11H15BrFNS. The maximum Gasteiger partial charge on any atom is 0.137 e. The summed E-state index contributed by atoms with van der Waals surface area (Å²) in [5.41, 5.74) is 0.999. The van der Waals surface area contributed by atoms with E-state index < -0.39 is 0 Å². The van der Waals surface area contributed by atoms with Crippen LogP contribution in [-0.2, 0) is 6.54 Å². The maximum absolute atomic E-state index is 13.2. The van der Waals surface area contributed by atoms with Crippen LogP contribution < -0.4 is 0 Å². The van der Waals surface area contributed by atoms with E-state index in [1.807, 2.05) is 24.9 Å². The zero-order valence-corrected chi connectivity index (χ0v) is 11.4. The first kappa shape index (κ1) is 13.0. The van der Waals surface area contributed by atoms with Crippen molar-refractivity contribution >= 4 is 27.7 Å². The molecule has 0 saturated carbocycles. The van der Waals surface area contributed by atoms with Crippen LogP contribution in [0.3, 0.4) is 0 Å². The standard InChI is InChI=1S/C11H15BrFNS/c1-14(6-7-15-2)8-9-4-3-5-10(13)11(9)12/h3-5H,6-8H2,1-2H3. The van der Waals surface area contributed by atoms with Gasteiger partial charge in [0.15, 0.2) is 0 Å². The summed E-state index contributed by atoms with van der Waals surface area (Å²) in [5.74, 6) is 0.912. The van der Waals surface area contributed by atoms with Crippen molar-refractivity contribution in [2.45, 2.75) is 6.54 Å². The smallest absolute Gasteiger partial charge is 0.137 e. The van der Waals surface area contributed by atoms with Gasteiger partial charge in [0.1, 0.15) is 5.82 Å². The van der Waals surface area contributed by atoms with Crippen molar-refractivity contribution in [3.63, 3.8) is 0 Å². The molecule has 0 aromatic heterocycles. The first-order chi connectivity index (χ1) is 7.15. The van der Waals surface area contributed by atoms with E-state index >= 15 is 0 Å². The molecule has 0 bridgehead atoms. The van der Waals surface area contributed by atoms with Crippen LogP contribution in [0.15, 0.2) is 22.7 Å². The second kappa shape index (κ2) is 6.51. The van der Waals surface area contributed by atoms with E-state index in [1.165, 1.54) is 6.07 Å². The first-order valence-corrected chi connectivity index (χ1v) is 6.94. The summed E-state index contributed by atoms with van der Waals surface area (Å²) in [6.07, 6.45) is 2.09. The lowest BCUT2D eigenvalue weighted by atomic mass is 10.2. The van der Waals surface area contributed by atoms with Crippen molar-refractivity contribution in [1.29, 1.82) is 0 Å². The van der Waals surface area contributed by atoms with Gasteiger partial charge < -0.3 is 4.90 Å². The monoisotopic (exact) mass is 291 g/mol. The third-order valence-electron chi connectivity index (χ3n) is 2.15. The van der Waals surface area contributed by atoms with Gasteiger partial charge in [-0.25, -0.2) is 4.39 Å². The zero-order chi connectivity index (χ0) is 11.3. The Kier molecular flexibility index (Phi) is 5.64. The summed E-state index contributed by atoms with van der Waals surface area (Å²) < 4.78 is 13.8. The van der Waals surface area contributed by atoms with E-state index in [1.54, 1.807) is 6.07 Å². The molecule has 0 saturated heterocycles. The van der Waals surface area contributed by atoms with Crippen LogP contribution in [0.4, 0.5) is 4.39 Å². The van der Waals surface area contributed by atoms with Crippen LogP contribution in [0.2, 0.25) is 0 Å². The molecule has 15 heavy (non-hydrogen) atoms. The molecule has 0 aliphatic carbocycles. The molecule has 0 atom stereocenters. The Labute approximate surface area is 103 Å². The van der Waals surface area contributed by atoms with E-state index in [0.29, 0.717) is 4.47 Å². The Hall–Kier alpha value is -0.0600. The largest absolute Gasteiger partial charge is 0.301 e. The third-order valence-corrected chi connectivity index (χ3v) is 3.63. The van der Waals surface area contributed by atoms with Crippen molar-refractivity contribution in [1.82, 2.24) is 4.90 Å². The summed E-state index contributed by atoms with van der Waals surface area (Å²) in [4.78, 5) is 2.19. The lowest BCUT2D eigenvalue weighted by Crippen LogP contribution is -2.20. The van der Waals surface area contributed by atoms with E-state index in [-0.39, 0.29) is 5.82 Å². The molecule has 0 fully saturated rings. The number of rotatable bonds is 5. The van der Waals surface area contributed by atoms with Gasteiger partial charge in [-0.15, -0.1) is 0 Å². The number of benzene rings is 1. The second-order valence-electron chi connectivity index (χ2n) is 3.44. The van der Waals surface area contributed by atoms with Crippen LogP contribution in [0.25, 0.3) is 0 Å². The van der Waals surface area contributed by atoms with Crippen LogP contribution in [0.5, 0.6) is 0 Å². The lowest BCUT2D eigenvalue weighted by molar-refractivity contribution is 0.347. The highest BCUT2D eigenvalue weighted by atomic mass is 79.9.